The summed E-state index contributed by atoms with van der Waals surface area (Å²) in [6.45, 7) is 9.80. The van der Waals surface area contributed by atoms with Crippen LogP contribution in [0.2, 0.25) is 0 Å². The summed E-state index contributed by atoms with van der Waals surface area (Å²) in [6.07, 6.45) is 3.28. The van der Waals surface area contributed by atoms with E-state index in [1.54, 1.807) is 0 Å². The van der Waals surface area contributed by atoms with Gasteiger partial charge in [0.05, 0.1) is 0 Å². The highest BCUT2D eigenvalue weighted by molar-refractivity contribution is 5.95. The second-order valence-electron chi connectivity index (χ2n) is 9.04. The number of hydrogen-bond acceptors (Lipinski definition) is 4. The van der Waals surface area contributed by atoms with Gasteiger partial charge in [-0.15, -0.1) is 0 Å². The van der Waals surface area contributed by atoms with Gasteiger partial charge in [0.2, 0.25) is 5.91 Å². The molecule has 1 saturated heterocycles. The van der Waals surface area contributed by atoms with E-state index in [4.69, 9.17) is 9.97 Å². The van der Waals surface area contributed by atoms with E-state index in [0.29, 0.717) is 24.8 Å². The lowest BCUT2D eigenvalue weighted by molar-refractivity contribution is -0.119. The molecule has 0 N–H and O–H groups in total. The van der Waals surface area contributed by atoms with Gasteiger partial charge in [-0.05, 0) is 62.9 Å². The van der Waals surface area contributed by atoms with Crippen molar-refractivity contribution in [2.24, 2.45) is 5.92 Å². The molecule has 2 aromatic rings. The molecule has 0 unspecified atom stereocenters. The fourth-order valence-electron chi connectivity index (χ4n) is 4.54. The van der Waals surface area contributed by atoms with Crippen LogP contribution in [-0.4, -0.2) is 40.4 Å². The van der Waals surface area contributed by atoms with Gasteiger partial charge < -0.3 is 0 Å². The Hall–Kier alpha value is -2.34. The molecule has 0 saturated carbocycles. The zero-order valence-electron chi connectivity index (χ0n) is 18.2. The van der Waals surface area contributed by atoms with Crippen molar-refractivity contribution in [3.63, 3.8) is 0 Å². The summed E-state index contributed by atoms with van der Waals surface area (Å²) in [6, 6.07) is 6.77. The number of hydrogen-bond donors (Lipinski definition) is 0. The zero-order chi connectivity index (χ0) is 21.3. The Labute approximate surface area is 178 Å². The second-order valence-corrected chi connectivity index (χ2v) is 9.04. The van der Waals surface area contributed by atoms with Crippen LogP contribution >= 0.6 is 0 Å². The smallest absolute Gasteiger partial charge is 0.228 e. The lowest BCUT2D eigenvalue weighted by Gasteiger charge is -2.34. The van der Waals surface area contributed by atoms with Gasteiger partial charge in [-0.1, -0.05) is 26.0 Å². The number of fused-ring (bicyclic) bond motifs is 1. The van der Waals surface area contributed by atoms with Crippen LogP contribution in [0.4, 0.5) is 10.2 Å². The van der Waals surface area contributed by atoms with Crippen LogP contribution in [0.15, 0.2) is 24.3 Å². The van der Waals surface area contributed by atoms with E-state index < -0.39 is 0 Å². The highest BCUT2D eigenvalue weighted by atomic mass is 19.1. The molecule has 2 aliphatic heterocycles. The summed E-state index contributed by atoms with van der Waals surface area (Å²) < 4.78 is 13.1. The number of anilines is 1. The Kier molecular flexibility index (Phi) is 6.14. The first kappa shape index (κ1) is 20.9. The van der Waals surface area contributed by atoms with Crippen LogP contribution in [0.1, 0.15) is 61.7 Å². The molecular weight excluding hydrogens is 379 g/mol. The van der Waals surface area contributed by atoms with Crippen molar-refractivity contribution >= 4 is 11.7 Å². The number of carbonyl (C=O) groups is 1. The van der Waals surface area contributed by atoms with Crippen molar-refractivity contribution in [1.29, 1.82) is 0 Å². The number of rotatable bonds is 5. The molecule has 0 aliphatic carbocycles. The number of aromatic nitrogens is 2. The SMILES string of the molecule is Cc1nc(C2CCN(Cc3ccc(F)cc3)CC2)nc2c1CCC(=O)N2CC(C)C. The fraction of sp³-hybridized carbons (Fsp3) is 0.542. The molecule has 0 radical (unpaired) electrons. The van der Waals surface area contributed by atoms with E-state index in [2.05, 4.69) is 25.7 Å². The Morgan fingerprint density at radius 1 is 1.10 bits per heavy atom. The standard InChI is InChI=1S/C24H31FN4O/c1-16(2)14-29-22(30)9-8-21-17(3)26-23(27-24(21)29)19-10-12-28(13-11-19)15-18-4-6-20(25)7-5-18/h4-7,16,19H,8-15H2,1-3H3. The molecule has 5 nitrogen and oxygen atoms in total. The van der Waals surface area contributed by atoms with E-state index in [0.717, 1.165) is 67.4 Å². The third-order valence-electron chi connectivity index (χ3n) is 6.17. The fourth-order valence-corrected chi connectivity index (χ4v) is 4.54. The number of nitrogens with zero attached hydrogens (tertiary/aromatic N) is 4. The number of piperidine rings is 1. The van der Waals surface area contributed by atoms with Crippen LogP contribution in [-0.2, 0) is 17.8 Å². The lowest BCUT2D eigenvalue weighted by Crippen LogP contribution is -2.39. The van der Waals surface area contributed by atoms with E-state index >= 15 is 0 Å². The molecule has 6 heteroatoms. The van der Waals surface area contributed by atoms with Crippen molar-refractivity contribution in [2.75, 3.05) is 24.5 Å². The molecule has 2 aliphatic rings. The van der Waals surface area contributed by atoms with Crippen molar-refractivity contribution in [3.05, 3.63) is 52.7 Å². The maximum Gasteiger partial charge on any atom is 0.228 e. The van der Waals surface area contributed by atoms with Crippen molar-refractivity contribution in [2.45, 2.75) is 58.9 Å². The minimum Gasteiger partial charge on any atom is -0.299 e. The van der Waals surface area contributed by atoms with Crippen LogP contribution in [0.5, 0.6) is 0 Å². The summed E-state index contributed by atoms with van der Waals surface area (Å²) in [5.41, 5.74) is 3.29. The average Bonchev–Trinajstić information content (AvgIpc) is 2.72. The van der Waals surface area contributed by atoms with Crippen LogP contribution in [0, 0.1) is 18.7 Å². The Morgan fingerprint density at radius 3 is 2.47 bits per heavy atom. The minimum atomic E-state index is -0.192. The van der Waals surface area contributed by atoms with Gasteiger partial charge in [0.15, 0.2) is 0 Å². The monoisotopic (exact) mass is 410 g/mol. The van der Waals surface area contributed by atoms with Gasteiger partial charge >= 0.3 is 0 Å². The average molecular weight is 411 g/mol. The number of benzene rings is 1. The maximum atomic E-state index is 13.1. The van der Waals surface area contributed by atoms with Crippen molar-refractivity contribution in [1.82, 2.24) is 14.9 Å². The number of likely N-dealkylation sites (tertiary alicyclic amines) is 1. The van der Waals surface area contributed by atoms with Gasteiger partial charge in [-0.25, -0.2) is 14.4 Å². The van der Waals surface area contributed by atoms with Crippen LogP contribution < -0.4 is 4.90 Å². The van der Waals surface area contributed by atoms with Gasteiger partial charge in [0.25, 0.3) is 0 Å². The summed E-state index contributed by atoms with van der Waals surface area (Å²) >= 11 is 0. The molecule has 1 aromatic heterocycles. The molecular formula is C24H31FN4O. The van der Waals surface area contributed by atoms with E-state index in [9.17, 15) is 9.18 Å². The second kappa shape index (κ2) is 8.80. The normalized spacial score (nSPS) is 18.2. The number of aryl methyl sites for hydroxylation is 1. The Bertz CT molecular complexity index is 904. The van der Waals surface area contributed by atoms with Gasteiger partial charge in [0, 0.05) is 36.7 Å². The first-order chi connectivity index (χ1) is 14.4. The minimum absolute atomic E-state index is 0.175. The summed E-state index contributed by atoms with van der Waals surface area (Å²) in [4.78, 5) is 26.6. The first-order valence-corrected chi connectivity index (χ1v) is 11.0. The molecule has 160 valence electrons. The van der Waals surface area contributed by atoms with Gasteiger partial charge in [-0.2, -0.15) is 0 Å². The number of carbonyl (C=O) groups excluding carboxylic acids is 1. The topological polar surface area (TPSA) is 49.3 Å². The van der Waals surface area contributed by atoms with Crippen molar-refractivity contribution in [3.8, 4) is 0 Å². The van der Waals surface area contributed by atoms with E-state index in [-0.39, 0.29) is 11.7 Å². The maximum absolute atomic E-state index is 13.1. The van der Waals surface area contributed by atoms with Crippen LogP contribution in [0.25, 0.3) is 0 Å². The molecule has 0 spiro atoms. The molecule has 1 amide bonds. The largest absolute Gasteiger partial charge is 0.299 e. The van der Waals surface area contributed by atoms with Crippen molar-refractivity contribution < 1.29 is 9.18 Å². The van der Waals surface area contributed by atoms with Gasteiger partial charge in [-0.3, -0.25) is 14.6 Å². The van der Waals surface area contributed by atoms with E-state index in [1.165, 1.54) is 12.1 Å². The van der Waals surface area contributed by atoms with Gasteiger partial charge in [0.1, 0.15) is 17.5 Å². The first-order valence-electron chi connectivity index (χ1n) is 11.0. The molecule has 1 aromatic carbocycles. The Morgan fingerprint density at radius 2 is 1.80 bits per heavy atom. The molecule has 3 heterocycles. The third-order valence-corrected chi connectivity index (χ3v) is 6.17. The number of halogens is 1. The Balaban J connectivity index is 1.47. The predicted molar refractivity (Wildman–Crippen MR) is 116 cm³/mol. The summed E-state index contributed by atoms with van der Waals surface area (Å²) in [5, 5.41) is 0. The molecule has 0 atom stereocenters. The molecule has 4 rings (SSSR count). The molecule has 30 heavy (non-hydrogen) atoms. The van der Waals surface area contributed by atoms with E-state index in [1.807, 2.05) is 17.0 Å². The highest BCUT2D eigenvalue weighted by Crippen LogP contribution is 2.33. The van der Waals surface area contributed by atoms with Crippen LogP contribution in [0.3, 0.4) is 0 Å². The summed E-state index contributed by atoms with van der Waals surface area (Å²) in [7, 11) is 0. The number of amides is 1. The lowest BCUT2D eigenvalue weighted by atomic mass is 9.94. The quantitative estimate of drug-likeness (QED) is 0.740. The zero-order valence-corrected chi connectivity index (χ0v) is 18.2. The highest BCUT2D eigenvalue weighted by Gasteiger charge is 2.30. The third kappa shape index (κ3) is 4.53. The predicted octanol–water partition coefficient (Wildman–Crippen LogP) is 4.24. The molecule has 1 fully saturated rings. The molecule has 0 bridgehead atoms. The summed E-state index contributed by atoms with van der Waals surface area (Å²) in [5.74, 6) is 2.42.